The third-order valence-corrected chi connectivity index (χ3v) is 4.99. The molecule has 0 saturated heterocycles. The van der Waals surface area contributed by atoms with E-state index in [2.05, 4.69) is 20.8 Å². The first-order chi connectivity index (χ1) is 15.9. The van der Waals surface area contributed by atoms with Crippen LogP contribution >= 0.6 is 0 Å². The molecule has 2 aromatic carbocycles. The molecule has 8 nitrogen and oxygen atoms in total. The van der Waals surface area contributed by atoms with E-state index in [9.17, 15) is 9.59 Å². The van der Waals surface area contributed by atoms with Crippen LogP contribution in [0.1, 0.15) is 41.5 Å². The van der Waals surface area contributed by atoms with Gasteiger partial charge in [0.1, 0.15) is 5.75 Å². The molecule has 2 heterocycles. The zero-order valence-electron chi connectivity index (χ0n) is 18.6. The average Bonchev–Trinajstić information content (AvgIpc) is 3.19. The maximum absolute atomic E-state index is 13.1. The molecule has 8 heteroatoms. The summed E-state index contributed by atoms with van der Waals surface area (Å²) in [4.78, 5) is 29.7. The lowest BCUT2D eigenvalue weighted by atomic mass is 10.0. The van der Waals surface area contributed by atoms with Crippen molar-refractivity contribution in [3.05, 3.63) is 77.6 Å². The van der Waals surface area contributed by atoms with Gasteiger partial charge in [0.25, 0.3) is 17.5 Å². The summed E-state index contributed by atoms with van der Waals surface area (Å²) in [6.45, 7) is 5.60. The number of nitrogens with zero attached hydrogens (tertiary/aromatic N) is 2. The first-order valence-corrected chi connectivity index (χ1v) is 10.6. The Balaban J connectivity index is 1.47. The number of para-hydroxylation sites is 1. The van der Waals surface area contributed by atoms with Crippen LogP contribution in [0.4, 0.5) is 11.4 Å². The number of carbonyl (C=O) groups is 2. The van der Waals surface area contributed by atoms with Crippen molar-refractivity contribution >= 4 is 34.3 Å². The lowest BCUT2D eigenvalue weighted by Crippen LogP contribution is -2.20. The van der Waals surface area contributed by atoms with Crippen LogP contribution in [-0.2, 0) is 4.79 Å². The largest absolute Gasteiger partial charge is 0.484 e. The van der Waals surface area contributed by atoms with Gasteiger partial charge in [0.15, 0.2) is 6.61 Å². The molecule has 0 aliphatic carbocycles. The molecule has 4 aromatic rings. The van der Waals surface area contributed by atoms with E-state index in [1.54, 1.807) is 49.4 Å². The number of ether oxygens (including phenoxy) is 1. The SMILES string of the molecule is Cc1noc2nc(C(C)C)cc(C(=O)Nc3cccc(OCC(=O)Nc4ccccc4)c3)c12. The van der Waals surface area contributed by atoms with Gasteiger partial charge in [-0.2, -0.15) is 0 Å². The molecule has 4 rings (SSSR count). The number of carbonyl (C=O) groups excluding carboxylic acids is 2. The number of rotatable bonds is 7. The monoisotopic (exact) mass is 444 g/mol. The molecule has 0 bridgehead atoms. The summed E-state index contributed by atoms with van der Waals surface area (Å²) in [6.07, 6.45) is 0. The molecule has 0 fully saturated rings. The van der Waals surface area contributed by atoms with Gasteiger partial charge in [0.2, 0.25) is 0 Å². The summed E-state index contributed by atoms with van der Waals surface area (Å²) in [5, 5.41) is 10.2. The van der Waals surface area contributed by atoms with Crippen molar-refractivity contribution in [2.75, 3.05) is 17.2 Å². The summed E-state index contributed by atoms with van der Waals surface area (Å²) in [5.41, 5.74) is 3.35. The number of aryl methyl sites for hydroxylation is 1. The quantitative estimate of drug-likeness (QED) is 0.419. The Morgan fingerprint density at radius 1 is 1.00 bits per heavy atom. The second-order valence-electron chi connectivity index (χ2n) is 7.88. The fourth-order valence-corrected chi connectivity index (χ4v) is 3.32. The molecule has 33 heavy (non-hydrogen) atoms. The number of hydrogen-bond acceptors (Lipinski definition) is 6. The minimum atomic E-state index is -0.311. The van der Waals surface area contributed by atoms with Crippen LogP contribution < -0.4 is 15.4 Å². The second kappa shape index (κ2) is 9.52. The van der Waals surface area contributed by atoms with Crippen LogP contribution in [0, 0.1) is 6.92 Å². The van der Waals surface area contributed by atoms with Gasteiger partial charge in [-0.3, -0.25) is 9.59 Å². The molecule has 0 aliphatic rings. The molecule has 0 aliphatic heterocycles. The van der Waals surface area contributed by atoms with Gasteiger partial charge in [0, 0.05) is 23.1 Å². The van der Waals surface area contributed by atoms with Gasteiger partial charge in [0.05, 0.1) is 16.6 Å². The van der Waals surface area contributed by atoms with Crippen molar-refractivity contribution in [3.8, 4) is 5.75 Å². The Morgan fingerprint density at radius 2 is 1.76 bits per heavy atom. The summed E-state index contributed by atoms with van der Waals surface area (Å²) >= 11 is 0. The second-order valence-corrected chi connectivity index (χ2v) is 7.88. The molecule has 0 radical (unpaired) electrons. The molecule has 168 valence electrons. The molecule has 0 unspecified atom stereocenters. The standard InChI is InChI=1S/C25H24N4O4/c1-15(2)21-13-20(23-16(3)29-33-25(23)28-21)24(31)27-18-10-7-11-19(12-18)32-14-22(30)26-17-8-5-4-6-9-17/h4-13,15H,14H2,1-3H3,(H,26,30)(H,27,31). The summed E-state index contributed by atoms with van der Waals surface area (Å²) in [6, 6.07) is 17.8. The first kappa shape index (κ1) is 22.0. The number of hydrogen-bond donors (Lipinski definition) is 2. The van der Waals surface area contributed by atoms with Crippen LogP contribution in [0.15, 0.2) is 65.2 Å². The predicted molar refractivity (Wildman–Crippen MR) is 126 cm³/mol. The highest BCUT2D eigenvalue weighted by Gasteiger charge is 2.20. The number of pyridine rings is 1. The lowest BCUT2D eigenvalue weighted by molar-refractivity contribution is -0.118. The zero-order valence-corrected chi connectivity index (χ0v) is 18.6. The highest BCUT2D eigenvalue weighted by atomic mass is 16.5. The summed E-state index contributed by atoms with van der Waals surface area (Å²) < 4.78 is 10.9. The summed E-state index contributed by atoms with van der Waals surface area (Å²) in [7, 11) is 0. The topological polar surface area (TPSA) is 106 Å². The Bertz CT molecular complexity index is 1300. The molecule has 0 saturated carbocycles. The third kappa shape index (κ3) is 5.17. The number of benzene rings is 2. The minimum absolute atomic E-state index is 0.116. The van der Waals surface area contributed by atoms with Gasteiger partial charge in [-0.15, -0.1) is 0 Å². The number of amides is 2. The van der Waals surface area contributed by atoms with E-state index in [-0.39, 0.29) is 24.3 Å². The van der Waals surface area contributed by atoms with Crippen LogP contribution in [0.5, 0.6) is 5.75 Å². The third-order valence-electron chi connectivity index (χ3n) is 4.99. The van der Waals surface area contributed by atoms with E-state index in [1.165, 1.54) is 0 Å². The maximum Gasteiger partial charge on any atom is 0.262 e. The maximum atomic E-state index is 13.1. The van der Waals surface area contributed by atoms with Crippen molar-refractivity contribution in [1.82, 2.24) is 10.1 Å². The van der Waals surface area contributed by atoms with E-state index in [0.717, 1.165) is 5.69 Å². The Labute approximate surface area is 191 Å². The molecule has 0 spiro atoms. The minimum Gasteiger partial charge on any atom is -0.484 e. The zero-order chi connectivity index (χ0) is 23.4. The van der Waals surface area contributed by atoms with Crippen molar-refractivity contribution in [2.24, 2.45) is 0 Å². The van der Waals surface area contributed by atoms with E-state index in [0.29, 0.717) is 39.5 Å². The molecular weight excluding hydrogens is 420 g/mol. The van der Waals surface area contributed by atoms with Gasteiger partial charge in [-0.25, -0.2) is 4.98 Å². The van der Waals surface area contributed by atoms with E-state index < -0.39 is 0 Å². The van der Waals surface area contributed by atoms with E-state index in [4.69, 9.17) is 9.26 Å². The van der Waals surface area contributed by atoms with Crippen LogP contribution in [-0.4, -0.2) is 28.6 Å². The normalized spacial score (nSPS) is 10.9. The molecule has 2 N–H and O–H groups in total. The van der Waals surface area contributed by atoms with Crippen LogP contribution in [0.25, 0.3) is 11.1 Å². The Kier molecular flexibility index (Phi) is 6.35. The number of nitrogens with one attached hydrogen (secondary N) is 2. The average molecular weight is 444 g/mol. The first-order valence-electron chi connectivity index (χ1n) is 10.6. The number of aromatic nitrogens is 2. The highest BCUT2D eigenvalue weighted by molar-refractivity contribution is 6.12. The molecule has 2 amide bonds. The van der Waals surface area contributed by atoms with Crippen molar-refractivity contribution < 1.29 is 18.8 Å². The van der Waals surface area contributed by atoms with Gasteiger partial charge < -0.3 is 19.9 Å². The van der Waals surface area contributed by atoms with E-state index >= 15 is 0 Å². The molecular formula is C25H24N4O4. The van der Waals surface area contributed by atoms with Gasteiger partial charge >= 0.3 is 0 Å². The lowest BCUT2D eigenvalue weighted by Gasteiger charge is -2.11. The Morgan fingerprint density at radius 3 is 2.52 bits per heavy atom. The van der Waals surface area contributed by atoms with Crippen molar-refractivity contribution in [2.45, 2.75) is 26.7 Å². The molecule has 0 atom stereocenters. The van der Waals surface area contributed by atoms with Crippen molar-refractivity contribution in [3.63, 3.8) is 0 Å². The fourth-order valence-electron chi connectivity index (χ4n) is 3.32. The van der Waals surface area contributed by atoms with Crippen LogP contribution in [0.2, 0.25) is 0 Å². The highest BCUT2D eigenvalue weighted by Crippen LogP contribution is 2.26. The smallest absolute Gasteiger partial charge is 0.262 e. The van der Waals surface area contributed by atoms with Gasteiger partial charge in [-0.05, 0) is 43.2 Å². The van der Waals surface area contributed by atoms with Crippen LogP contribution in [0.3, 0.4) is 0 Å². The predicted octanol–water partition coefficient (Wildman–Crippen LogP) is 4.92. The molecule has 2 aromatic heterocycles. The summed E-state index contributed by atoms with van der Waals surface area (Å²) in [5.74, 6) is -0.0152. The Hall–Kier alpha value is -4.20. The van der Waals surface area contributed by atoms with E-state index in [1.807, 2.05) is 32.0 Å². The number of anilines is 2. The fraction of sp³-hybridized carbons (Fsp3) is 0.200. The number of fused-ring (bicyclic) bond motifs is 1. The van der Waals surface area contributed by atoms with Gasteiger partial charge in [-0.1, -0.05) is 43.3 Å². The van der Waals surface area contributed by atoms with Crippen molar-refractivity contribution in [1.29, 1.82) is 0 Å².